The minimum absolute atomic E-state index is 0.166. The Morgan fingerprint density at radius 1 is 1.14 bits per heavy atom. The summed E-state index contributed by atoms with van der Waals surface area (Å²) in [6.07, 6.45) is -4.47. The second-order valence-corrected chi connectivity index (χ2v) is 6.78. The summed E-state index contributed by atoms with van der Waals surface area (Å²) in [6, 6.07) is 3.47. The molecule has 2 rings (SSSR count). The van der Waals surface area contributed by atoms with Crippen molar-refractivity contribution in [1.29, 1.82) is 0 Å². The summed E-state index contributed by atoms with van der Waals surface area (Å²) >= 11 is 0. The van der Waals surface area contributed by atoms with Crippen molar-refractivity contribution in [2.24, 2.45) is 0 Å². The van der Waals surface area contributed by atoms with Gasteiger partial charge in [0.2, 0.25) is 10.0 Å². The second-order valence-electron chi connectivity index (χ2n) is 5.01. The van der Waals surface area contributed by atoms with E-state index < -0.39 is 21.8 Å². The Labute approximate surface area is 127 Å². The van der Waals surface area contributed by atoms with Crippen LogP contribution in [0.3, 0.4) is 0 Å². The molecule has 0 atom stereocenters. The van der Waals surface area contributed by atoms with E-state index in [0.717, 1.165) is 50.4 Å². The maximum absolute atomic E-state index is 12.4. The van der Waals surface area contributed by atoms with Gasteiger partial charge in [0.05, 0.1) is 10.5 Å². The van der Waals surface area contributed by atoms with E-state index in [9.17, 15) is 21.6 Å². The first-order valence-electron chi connectivity index (χ1n) is 6.89. The van der Waals surface area contributed by atoms with Crippen molar-refractivity contribution < 1.29 is 21.6 Å². The second kappa shape index (κ2) is 6.95. The number of rotatable bonds is 5. The van der Waals surface area contributed by atoms with Crippen LogP contribution >= 0.6 is 0 Å². The zero-order chi connectivity index (χ0) is 16.2. The highest BCUT2D eigenvalue weighted by Gasteiger charge is 2.30. The molecule has 22 heavy (non-hydrogen) atoms. The highest BCUT2D eigenvalue weighted by Crippen LogP contribution is 2.29. The van der Waals surface area contributed by atoms with Crippen LogP contribution in [0.1, 0.15) is 5.56 Å². The van der Waals surface area contributed by atoms with Gasteiger partial charge in [-0.1, -0.05) is 0 Å². The quantitative estimate of drug-likeness (QED) is 0.838. The third kappa shape index (κ3) is 4.67. The van der Waals surface area contributed by atoms with Gasteiger partial charge in [-0.25, -0.2) is 13.1 Å². The Morgan fingerprint density at radius 2 is 1.73 bits per heavy atom. The van der Waals surface area contributed by atoms with E-state index in [1.54, 1.807) is 0 Å². The molecule has 1 aliphatic heterocycles. The highest BCUT2D eigenvalue weighted by atomic mass is 32.2. The lowest BCUT2D eigenvalue weighted by Gasteiger charge is -2.27. The molecular formula is C13H18F3N3O2S. The Kier molecular flexibility index (Phi) is 5.43. The van der Waals surface area contributed by atoms with E-state index in [2.05, 4.69) is 14.9 Å². The number of nitrogens with one attached hydrogen (secondary N) is 2. The summed E-state index contributed by atoms with van der Waals surface area (Å²) in [4.78, 5) is 1.95. The first kappa shape index (κ1) is 17.2. The van der Waals surface area contributed by atoms with Crippen molar-refractivity contribution in [3.05, 3.63) is 29.8 Å². The van der Waals surface area contributed by atoms with Crippen LogP contribution in [0.2, 0.25) is 0 Å². The predicted molar refractivity (Wildman–Crippen MR) is 75.9 cm³/mol. The van der Waals surface area contributed by atoms with E-state index in [1.807, 2.05) is 0 Å². The third-order valence-electron chi connectivity index (χ3n) is 3.42. The Morgan fingerprint density at radius 3 is 2.27 bits per heavy atom. The minimum atomic E-state index is -4.47. The number of hydrogen-bond acceptors (Lipinski definition) is 4. The van der Waals surface area contributed by atoms with Crippen LogP contribution in [0, 0.1) is 0 Å². The molecule has 1 saturated heterocycles. The van der Waals surface area contributed by atoms with Crippen molar-refractivity contribution in [2.75, 3.05) is 39.3 Å². The molecular weight excluding hydrogens is 319 g/mol. The van der Waals surface area contributed by atoms with Crippen LogP contribution in [0.5, 0.6) is 0 Å². The van der Waals surface area contributed by atoms with Gasteiger partial charge in [0, 0.05) is 39.3 Å². The lowest BCUT2D eigenvalue weighted by molar-refractivity contribution is -0.137. The van der Waals surface area contributed by atoms with Gasteiger partial charge in [0.15, 0.2) is 0 Å². The molecule has 0 unspecified atom stereocenters. The summed E-state index contributed by atoms with van der Waals surface area (Å²) in [5.41, 5.74) is -0.868. The number of sulfonamides is 1. The zero-order valence-electron chi connectivity index (χ0n) is 11.9. The molecule has 5 nitrogen and oxygen atoms in total. The van der Waals surface area contributed by atoms with Crippen LogP contribution in [-0.2, 0) is 16.2 Å². The summed E-state index contributed by atoms with van der Waals surface area (Å²) < 4.78 is 63.8. The maximum Gasteiger partial charge on any atom is 0.416 e. The number of halogens is 3. The zero-order valence-corrected chi connectivity index (χ0v) is 12.7. The highest BCUT2D eigenvalue weighted by molar-refractivity contribution is 7.89. The number of benzene rings is 1. The normalized spacial score (nSPS) is 17.6. The van der Waals surface area contributed by atoms with Gasteiger partial charge in [-0.2, -0.15) is 13.2 Å². The van der Waals surface area contributed by atoms with Gasteiger partial charge in [0.1, 0.15) is 0 Å². The predicted octanol–water partition coefficient (Wildman–Crippen LogP) is 0.889. The van der Waals surface area contributed by atoms with Crippen molar-refractivity contribution in [3.8, 4) is 0 Å². The van der Waals surface area contributed by atoms with Crippen LogP contribution in [0.4, 0.5) is 13.2 Å². The van der Waals surface area contributed by atoms with Gasteiger partial charge >= 0.3 is 6.18 Å². The van der Waals surface area contributed by atoms with Gasteiger partial charge in [0.25, 0.3) is 0 Å². The lowest BCUT2D eigenvalue weighted by atomic mass is 10.2. The molecule has 0 spiro atoms. The smallest absolute Gasteiger partial charge is 0.314 e. The molecule has 124 valence electrons. The molecule has 1 aromatic carbocycles. The lowest BCUT2D eigenvalue weighted by Crippen LogP contribution is -2.46. The molecule has 2 N–H and O–H groups in total. The molecule has 0 aliphatic carbocycles. The number of hydrogen-bond donors (Lipinski definition) is 2. The minimum Gasteiger partial charge on any atom is -0.314 e. The third-order valence-corrected chi connectivity index (χ3v) is 4.90. The Bertz CT molecular complexity index is 582. The molecule has 0 saturated carbocycles. The van der Waals surface area contributed by atoms with Crippen LogP contribution in [-0.4, -0.2) is 52.6 Å². The van der Waals surface area contributed by atoms with E-state index in [1.165, 1.54) is 0 Å². The van der Waals surface area contributed by atoms with Gasteiger partial charge in [-0.15, -0.1) is 0 Å². The van der Waals surface area contributed by atoms with Crippen molar-refractivity contribution >= 4 is 10.0 Å². The fourth-order valence-corrected chi connectivity index (χ4v) is 3.20. The Balaban J connectivity index is 1.92. The van der Waals surface area contributed by atoms with Gasteiger partial charge in [-0.3, -0.25) is 4.90 Å². The number of alkyl halides is 3. The first-order valence-corrected chi connectivity index (χ1v) is 8.37. The van der Waals surface area contributed by atoms with Gasteiger partial charge in [-0.05, 0) is 24.3 Å². The Hall–Kier alpha value is -1.16. The van der Waals surface area contributed by atoms with Crippen molar-refractivity contribution in [2.45, 2.75) is 11.1 Å². The SMILES string of the molecule is O=S(=O)(NCCN1CCNCC1)c1ccc(C(F)(F)F)cc1. The molecule has 0 amide bonds. The van der Waals surface area contributed by atoms with Gasteiger partial charge < -0.3 is 5.32 Å². The van der Waals surface area contributed by atoms with E-state index in [4.69, 9.17) is 0 Å². The average Bonchev–Trinajstić information content (AvgIpc) is 2.47. The van der Waals surface area contributed by atoms with Crippen molar-refractivity contribution in [1.82, 2.24) is 14.9 Å². The fourth-order valence-electron chi connectivity index (χ4n) is 2.18. The van der Waals surface area contributed by atoms with Crippen LogP contribution in [0.15, 0.2) is 29.2 Å². The maximum atomic E-state index is 12.4. The summed E-state index contributed by atoms with van der Waals surface area (Å²) in [6.45, 7) is 4.23. The molecule has 0 aromatic heterocycles. The molecule has 1 aliphatic rings. The van der Waals surface area contributed by atoms with E-state index in [-0.39, 0.29) is 11.4 Å². The van der Waals surface area contributed by atoms with Crippen LogP contribution in [0.25, 0.3) is 0 Å². The number of nitrogens with zero attached hydrogens (tertiary/aromatic N) is 1. The standard InChI is InChI=1S/C13H18F3N3O2S/c14-13(15,16)11-1-3-12(4-2-11)22(20,21)18-7-10-19-8-5-17-6-9-19/h1-4,17-18H,5-10H2. The molecule has 0 bridgehead atoms. The van der Waals surface area contributed by atoms with E-state index >= 15 is 0 Å². The molecule has 1 aromatic rings. The summed E-state index contributed by atoms with van der Waals surface area (Å²) in [5.74, 6) is 0. The average molecular weight is 337 g/mol. The number of piperazine rings is 1. The van der Waals surface area contributed by atoms with Crippen molar-refractivity contribution in [3.63, 3.8) is 0 Å². The summed E-state index contributed by atoms with van der Waals surface area (Å²) in [5, 5.41) is 3.19. The molecule has 1 heterocycles. The largest absolute Gasteiger partial charge is 0.416 e. The molecule has 1 fully saturated rings. The fraction of sp³-hybridized carbons (Fsp3) is 0.538. The first-order chi connectivity index (χ1) is 10.3. The van der Waals surface area contributed by atoms with E-state index in [0.29, 0.717) is 6.54 Å². The topological polar surface area (TPSA) is 61.4 Å². The molecule has 0 radical (unpaired) electrons. The molecule has 9 heteroatoms. The van der Waals surface area contributed by atoms with Crippen LogP contribution < -0.4 is 10.0 Å². The summed E-state index contributed by atoms with van der Waals surface area (Å²) in [7, 11) is -3.78. The monoisotopic (exact) mass is 337 g/mol.